The maximum Gasteiger partial charge on any atom is 2.00 e. The van der Waals surface area contributed by atoms with Crippen molar-refractivity contribution in [2.75, 3.05) is 0 Å². The van der Waals surface area contributed by atoms with Crippen LogP contribution in [-0.4, -0.2) is 5.92 Å². The smallest absolute Gasteiger partial charge is 0.415 e. The molecule has 0 aliphatic rings. The van der Waals surface area contributed by atoms with Gasteiger partial charge in [-0.2, -0.15) is 0 Å². The molecule has 7 heteroatoms. The molecule has 242 valence electrons. The number of benzene rings is 6. The first-order valence-electron chi connectivity index (χ1n) is 14.8. The van der Waals surface area contributed by atoms with Crippen LogP contribution in [0.4, 0.5) is 17.6 Å². The second-order valence-electron chi connectivity index (χ2n) is 10.2. The molecule has 6 rings (SSSR count). The molecule has 0 aliphatic carbocycles. The van der Waals surface area contributed by atoms with Gasteiger partial charge < -0.3 is 15.7 Å². The van der Waals surface area contributed by atoms with Crippen molar-refractivity contribution in [2.45, 2.75) is 12.3 Å². The van der Waals surface area contributed by atoms with E-state index >= 15 is 0 Å². The van der Waals surface area contributed by atoms with Crippen LogP contribution in [0.1, 0.15) is 6.42 Å². The summed E-state index contributed by atoms with van der Waals surface area (Å²) in [7, 11) is -1.75. The van der Waals surface area contributed by atoms with Gasteiger partial charge >= 0.3 is 16.5 Å². The molecule has 0 saturated carbocycles. The second kappa shape index (κ2) is 19.9. The number of alkyl halides is 2. The zero-order chi connectivity index (χ0) is 32.6. The first-order chi connectivity index (χ1) is 22.4. The van der Waals surface area contributed by atoms with Gasteiger partial charge in [0.2, 0.25) is 0 Å². The van der Waals surface area contributed by atoms with Crippen molar-refractivity contribution in [1.29, 1.82) is 0 Å². The average Bonchev–Trinajstić information content (AvgIpc) is 3.12. The minimum absolute atomic E-state index is 0. The summed E-state index contributed by atoms with van der Waals surface area (Å²) in [5.74, 6) is -3.99. The van der Waals surface area contributed by atoms with Crippen LogP contribution in [0.5, 0.6) is 0 Å². The van der Waals surface area contributed by atoms with Gasteiger partial charge in [0.25, 0.3) is 0 Å². The van der Waals surface area contributed by atoms with Crippen LogP contribution in [-0.2, 0) is 16.5 Å². The monoisotopic (exact) mass is 712 g/mol. The summed E-state index contributed by atoms with van der Waals surface area (Å²) in [4.78, 5) is 0. The molecule has 0 spiro atoms. The Balaban J connectivity index is 0.000000206. The van der Waals surface area contributed by atoms with Gasteiger partial charge in [0.1, 0.15) is 31.8 Å². The average molecular weight is 713 g/mol. The molecule has 6 aromatic carbocycles. The summed E-state index contributed by atoms with van der Waals surface area (Å²) >= 11 is 0. The largest absolute Gasteiger partial charge is 2.00 e. The van der Waals surface area contributed by atoms with E-state index in [0.717, 1.165) is 0 Å². The van der Waals surface area contributed by atoms with Crippen molar-refractivity contribution in [3.05, 3.63) is 195 Å². The Morgan fingerprint density at radius 2 is 0.574 bits per heavy atom. The van der Waals surface area contributed by atoms with Crippen LogP contribution in [0.3, 0.4) is 0 Å². The Hall–Kier alpha value is -3.61. The molecule has 0 unspecified atom stereocenters. The molecule has 0 nitrogen and oxygen atoms in total. The zero-order valence-electron chi connectivity index (χ0n) is 25.6. The molecule has 0 heterocycles. The summed E-state index contributed by atoms with van der Waals surface area (Å²) in [5.41, 5.74) is 0. The van der Waals surface area contributed by atoms with Gasteiger partial charge in [0.05, 0.1) is 22.3 Å². The summed E-state index contributed by atoms with van der Waals surface area (Å²) in [6, 6.07) is 65.0. The molecule has 0 fully saturated rings. The van der Waals surface area contributed by atoms with E-state index in [4.69, 9.17) is 0 Å². The summed E-state index contributed by atoms with van der Waals surface area (Å²) in [5, 5.41) is 8.61. The molecule has 6 aromatic rings. The molecular formula is C40H36F4NiP2+2. The maximum atomic E-state index is 11.4. The Morgan fingerprint density at radius 3 is 0.681 bits per heavy atom. The van der Waals surface area contributed by atoms with Gasteiger partial charge in [-0.05, 0) is 72.8 Å². The van der Waals surface area contributed by atoms with Crippen molar-refractivity contribution in [3.8, 4) is 0 Å². The molecular weight excluding hydrogens is 677 g/mol. The topological polar surface area (TPSA) is 0 Å². The van der Waals surface area contributed by atoms with Gasteiger partial charge in [0, 0.05) is 0 Å². The van der Waals surface area contributed by atoms with E-state index in [1.807, 2.05) is 0 Å². The van der Waals surface area contributed by atoms with Crippen LogP contribution in [0, 0.1) is 13.3 Å². The van der Waals surface area contributed by atoms with E-state index in [1.54, 1.807) is 0 Å². The molecule has 0 saturated heterocycles. The van der Waals surface area contributed by atoms with Crippen molar-refractivity contribution in [2.24, 2.45) is 0 Å². The Bertz CT molecular complexity index is 1350. The van der Waals surface area contributed by atoms with E-state index in [2.05, 4.69) is 189 Å². The van der Waals surface area contributed by atoms with Crippen LogP contribution in [0.2, 0.25) is 0 Å². The molecule has 0 radical (unpaired) electrons. The third kappa shape index (κ3) is 11.5. The molecule has 47 heavy (non-hydrogen) atoms. The minimum Gasteiger partial charge on any atom is -0.415 e. The van der Waals surface area contributed by atoms with Crippen LogP contribution in [0.25, 0.3) is 0 Å². The number of hydrogen-bond acceptors (Lipinski definition) is 0. The molecule has 0 aliphatic heterocycles. The van der Waals surface area contributed by atoms with Crippen molar-refractivity contribution < 1.29 is 34.1 Å². The Labute approximate surface area is 288 Å². The summed E-state index contributed by atoms with van der Waals surface area (Å²) < 4.78 is 44.7. The summed E-state index contributed by atoms with van der Waals surface area (Å²) in [6.07, 6.45) is -3.96. The van der Waals surface area contributed by atoms with Crippen LogP contribution < -0.4 is 31.8 Å². The summed E-state index contributed by atoms with van der Waals surface area (Å²) in [6.45, 7) is 2.63. The predicted molar refractivity (Wildman–Crippen MR) is 193 cm³/mol. The first-order valence-corrected chi connectivity index (χ1v) is 17.8. The Kier molecular flexibility index (Phi) is 16.0. The maximum absolute atomic E-state index is 11.4. The normalized spacial score (nSPS) is 10.7. The van der Waals surface area contributed by atoms with E-state index in [-0.39, 0.29) is 16.5 Å². The van der Waals surface area contributed by atoms with Crippen molar-refractivity contribution in [1.82, 2.24) is 0 Å². The molecule has 0 amide bonds. The quantitative estimate of drug-likeness (QED) is 0.0642. The first kappa shape index (κ1) is 37.8. The van der Waals surface area contributed by atoms with Crippen LogP contribution >= 0.6 is 15.8 Å². The fourth-order valence-corrected chi connectivity index (χ4v) is 9.88. The molecule has 0 aromatic heterocycles. The molecule has 0 N–H and O–H groups in total. The molecule has 0 bridgehead atoms. The second-order valence-corrected chi connectivity index (χ2v) is 15.1. The Morgan fingerprint density at radius 1 is 0.404 bits per heavy atom. The van der Waals surface area contributed by atoms with E-state index in [9.17, 15) is 17.6 Å². The van der Waals surface area contributed by atoms with Crippen molar-refractivity contribution >= 4 is 47.7 Å². The minimum atomic E-state index is -3.99. The SMILES string of the molecule is [CH2-]CC(F)(F)[C-](F)F.[Ni+2].c1ccc([PH+](c2ccccc2)c2ccccc2)cc1.c1ccc([PH+](c2ccccc2)c2ccccc2)cc1. The zero-order valence-corrected chi connectivity index (χ0v) is 28.6. The van der Waals surface area contributed by atoms with Gasteiger partial charge in [-0.25, -0.2) is 8.78 Å². The fraction of sp³-hybridized carbons (Fsp3) is 0.0500. The molecule has 0 atom stereocenters. The van der Waals surface area contributed by atoms with Gasteiger partial charge in [0.15, 0.2) is 5.92 Å². The van der Waals surface area contributed by atoms with E-state index in [1.165, 1.54) is 31.8 Å². The standard InChI is InChI=1S/2C18H15P.C4H4F4.Ni/c2*1-4-10-16(11-5-1)19(17-12-6-2-7-13-17)18-14-8-3-9-15-18;1-2-4(7,8)3(5)6;/h2*1-15H;1-2H2;/q;;-2;+2/p+2. The van der Waals surface area contributed by atoms with Gasteiger partial charge in [-0.15, -0.1) is 6.42 Å². The van der Waals surface area contributed by atoms with E-state index < -0.39 is 34.6 Å². The number of hydrogen-bond donors (Lipinski definition) is 0. The van der Waals surface area contributed by atoms with Gasteiger partial charge in [-0.3, -0.25) is 0 Å². The van der Waals surface area contributed by atoms with Crippen molar-refractivity contribution in [3.63, 3.8) is 0 Å². The van der Waals surface area contributed by atoms with E-state index in [0.29, 0.717) is 0 Å². The predicted octanol–water partition coefficient (Wildman–Crippen LogP) is 8.63. The van der Waals surface area contributed by atoms with Crippen LogP contribution in [0.15, 0.2) is 182 Å². The number of halogens is 4. The fourth-order valence-electron chi connectivity index (χ4n) is 4.72. The van der Waals surface area contributed by atoms with Gasteiger partial charge in [-0.1, -0.05) is 109 Å². The number of rotatable bonds is 8. The third-order valence-corrected chi connectivity index (χ3v) is 12.4. The third-order valence-electron chi connectivity index (χ3n) is 6.97.